The molecule has 2 aliphatic rings. The predicted molar refractivity (Wildman–Crippen MR) is 96.7 cm³/mol. The number of morpholine rings is 1. The van der Waals surface area contributed by atoms with E-state index in [9.17, 15) is 4.79 Å². The van der Waals surface area contributed by atoms with Crippen LogP contribution in [-0.4, -0.2) is 95.0 Å². The molecule has 0 spiro atoms. The maximum absolute atomic E-state index is 12.6. The van der Waals surface area contributed by atoms with E-state index >= 15 is 0 Å². The van der Waals surface area contributed by atoms with Gasteiger partial charge in [-0.3, -0.25) is 19.3 Å². The summed E-state index contributed by atoms with van der Waals surface area (Å²) in [6, 6.07) is 0.574. The van der Waals surface area contributed by atoms with Crippen LogP contribution in [0.4, 0.5) is 0 Å². The lowest BCUT2D eigenvalue weighted by Crippen LogP contribution is -2.54. The SMILES string of the molecule is CCn1cc(C(=O)N2CCN(C[C@H]3CN(C(C)C)CCO3)CC2)cn1. The molecule has 25 heavy (non-hydrogen) atoms. The molecule has 0 radical (unpaired) electrons. The zero-order chi connectivity index (χ0) is 17.8. The molecule has 2 aliphatic heterocycles. The largest absolute Gasteiger partial charge is 0.374 e. The number of rotatable bonds is 5. The molecular formula is C18H31N5O2. The average Bonchev–Trinajstić information content (AvgIpc) is 3.11. The summed E-state index contributed by atoms with van der Waals surface area (Å²) in [6.45, 7) is 14.5. The highest BCUT2D eigenvalue weighted by molar-refractivity contribution is 5.93. The zero-order valence-corrected chi connectivity index (χ0v) is 15.7. The van der Waals surface area contributed by atoms with Gasteiger partial charge in [0.05, 0.1) is 24.5 Å². The van der Waals surface area contributed by atoms with E-state index in [4.69, 9.17) is 4.74 Å². The number of nitrogens with zero attached hydrogens (tertiary/aromatic N) is 5. The van der Waals surface area contributed by atoms with E-state index in [0.29, 0.717) is 11.6 Å². The predicted octanol–water partition coefficient (Wildman–Crippen LogP) is 0.770. The number of carbonyl (C=O) groups excluding carboxylic acids is 1. The van der Waals surface area contributed by atoms with Crippen LogP contribution in [0.1, 0.15) is 31.1 Å². The van der Waals surface area contributed by atoms with Crippen molar-refractivity contribution in [2.75, 3.05) is 52.4 Å². The molecule has 140 valence electrons. The van der Waals surface area contributed by atoms with Gasteiger partial charge in [0.15, 0.2) is 0 Å². The first-order chi connectivity index (χ1) is 12.1. The van der Waals surface area contributed by atoms with Crippen LogP contribution in [-0.2, 0) is 11.3 Å². The maximum Gasteiger partial charge on any atom is 0.257 e. The highest BCUT2D eigenvalue weighted by Gasteiger charge is 2.27. The maximum atomic E-state index is 12.6. The second-order valence-corrected chi connectivity index (χ2v) is 7.26. The van der Waals surface area contributed by atoms with Crippen LogP contribution in [0.15, 0.2) is 12.4 Å². The van der Waals surface area contributed by atoms with E-state index in [1.54, 1.807) is 10.9 Å². The minimum absolute atomic E-state index is 0.0965. The Morgan fingerprint density at radius 2 is 2.04 bits per heavy atom. The Labute approximate surface area is 150 Å². The van der Waals surface area contributed by atoms with E-state index in [1.807, 2.05) is 18.0 Å². The Hall–Kier alpha value is -1.44. The molecule has 0 saturated carbocycles. The van der Waals surface area contributed by atoms with Crippen LogP contribution < -0.4 is 0 Å². The lowest BCUT2D eigenvalue weighted by Gasteiger charge is -2.40. The van der Waals surface area contributed by atoms with Gasteiger partial charge in [0.2, 0.25) is 0 Å². The number of aryl methyl sites for hydroxylation is 1. The van der Waals surface area contributed by atoms with Gasteiger partial charge in [0.1, 0.15) is 0 Å². The van der Waals surface area contributed by atoms with E-state index < -0.39 is 0 Å². The fourth-order valence-electron chi connectivity index (χ4n) is 3.57. The molecule has 0 unspecified atom stereocenters. The molecule has 7 heteroatoms. The minimum atomic E-state index is 0.0965. The number of amides is 1. The molecule has 0 N–H and O–H groups in total. The Kier molecular flexibility index (Phi) is 6.09. The van der Waals surface area contributed by atoms with Crippen LogP contribution in [0, 0.1) is 0 Å². The van der Waals surface area contributed by atoms with Crippen molar-refractivity contribution in [2.45, 2.75) is 39.5 Å². The summed E-state index contributed by atoms with van der Waals surface area (Å²) in [7, 11) is 0. The molecule has 2 saturated heterocycles. The zero-order valence-electron chi connectivity index (χ0n) is 15.7. The first kappa shape index (κ1) is 18.4. The number of ether oxygens (including phenoxy) is 1. The summed E-state index contributed by atoms with van der Waals surface area (Å²) in [5, 5.41) is 4.20. The summed E-state index contributed by atoms with van der Waals surface area (Å²) in [5.41, 5.74) is 0.693. The molecule has 1 aromatic heterocycles. The Morgan fingerprint density at radius 3 is 2.68 bits per heavy atom. The summed E-state index contributed by atoms with van der Waals surface area (Å²) >= 11 is 0. The first-order valence-electron chi connectivity index (χ1n) is 9.46. The topological polar surface area (TPSA) is 53.8 Å². The Morgan fingerprint density at radius 1 is 1.28 bits per heavy atom. The van der Waals surface area contributed by atoms with Crippen LogP contribution in [0.3, 0.4) is 0 Å². The van der Waals surface area contributed by atoms with E-state index in [-0.39, 0.29) is 12.0 Å². The van der Waals surface area contributed by atoms with Crippen molar-refractivity contribution in [1.29, 1.82) is 0 Å². The lowest BCUT2D eigenvalue weighted by molar-refractivity contribution is -0.0555. The van der Waals surface area contributed by atoms with Crippen LogP contribution in [0.25, 0.3) is 0 Å². The smallest absolute Gasteiger partial charge is 0.257 e. The van der Waals surface area contributed by atoms with Gasteiger partial charge in [-0.25, -0.2) is 0 Å². The standard InChI is InChI=1S/C18H31N5O2/c1-4-23-12-16(11-19-23)18(24)21-7-5-20(6-8-21)13-17-14-22(15(2)3)9-10-25-17/h11-12,15,17H,4-10,13-14H2,1-3H3/t17-/m0/s1. The van der Waals surface area contributed by atoms with Crippen molar-refractivity contribution < 1.29 is 9.53 Å². The Balaban J connectivity index is 1.46. The molecule has 0 aromatic carbocycles. The molecule has 7 nitrogen and oxygen atoms in total. The van der Waals surface area contributed by atoms with Crippen LogP contribution in [0.2, 0.25) is 0 Å². The summed E-state index contributed by atoms with van der Waals surface area (Å²) in [6.07, 6.45) is 3.79. The van der Waals surface area contributed by atoms with Gasteiger partial charge >= 0.3 is 0 Å². The van der Waals surface area contributed by atoms with Gasteiger partial charge in [-0.1, -0.05) is 0 Å². The van der Waals surface area contributed by atoms with Crippen molar-refractivity contribution in [3.05, 3.63) is 18.0 Å². The molecule has 2 fully saturated rings. The molecule has 1 aromatic rings. The summed E-state index contributed by atoms with van der Waals surface area (Å²) in [5.74, 6) is 0.0965. The van der Waals surface area contributed by atoms with Crippen molar-refractivity contribution in [3.63, 3.8) is 0 Å². The number of hydrogen-bond acceptors (Lipinski definition) is 5. The van der Waals surface area contributed by atoms with E-state index in [2.05, 4.69) is 28.7 Å². The number of carbonyl (C=O) groups is 1. The first-order valence-corrected chi connectivity index (χ1v) is 9.46. The third kappa shape index (κ3) is 4.59. The molecule has 1 atom stereocenters. The second-order valence-electron chi connectivity index (χ2n) is 7.26. The van der Waals surface area contributed by atoms with Crippen molar-refractivity contribution in [2.24, 2.45) is 0 Å². The molecule has 0 aliphatic carbocycles. The van der Waals surface area contributed by atoms with Gasteiger partial charge in [-0.05, 0) is 20.8 Å². The number of hydrogen-bond donors (Lipinski definition) is 0. The molecule has 1 amide bonds. The lowest BCUT2D eigenvalue weighted by atomic mass is 10.2. The number of aromatic nitrogens is 2. The van der Waals surface area contributed by atoms with Gasteiger partial charge in [0.25, 0.3) is 5.91 Å². The quantitative estimate of drug-likeness (QED) is 0.786. The highest BCUT2D eigenvalue weighted by atomic mass is 16.5. The van der Waals surface area contributed by atoms with Gasteiger partial charge < -0.3 is 9.64 Å². The van der Waals surface area contributed by atoms with Gasteiger partial charge in [-0.15, -0.1) is 0 Å². The molecule has 3 rings (SSSR count). The normalized spacial score (nSPS) is 23.4. The fraction of sp³-hybridized carbons (Fsp3) is 0.778. The second kappa shape index (κ2) is 8.29. The van der Waals surface area contributed by atoms with E-state index in [0.717, 1.165) is 59.0 Å². The van der Waals surface area contributed by atoms with Gasteiger partial charge in [-0.2, -0.15) is 5.10 Å². The third-order valence-corrected chi connectivity index (χ3v) is 5.23. The van der Waals surface area contributed by atoms with Crippen molar-refractivity contribution in [1.82, 2.24) is 24.5 Å². The average molecular weight is 349 g/mol. The van der Waals surface area contributed by atoms with Crippen LogP contribution in [0.5, 0.6) is 0 Å². The fourth-order valence-corrected chi connectivity index (χ4v) is 3.57. The molecule has 3 heterocycles. The molecular weight excluding hydrogens is 318 g/mol. The molecule has 0 bridgehead atoms. The van der Waals surface area contributed by atoms with Crippen LogP contribution >= 0.6 is 0 Å². The summed E-state index contributed by atoms with van der Waals surface area (Å²) in [4.78, 5) is 19.4. The number of piperazine rings is 1. The third-order valence-electron chi connectivity index (χ3n) is 5.23. The van der Waals surface area contributed by atoms with Gasteiger partial charge in [0, 0.05) is 64.6 Å². The van der Waals surface area contributed by atoms with Crippen molar-refractivity contribution in [3.8, 4) is 0 Å². The summed E-state index contributed by atoms with van der Waals surface area (Å²) < 4.78 is 7.74. The monoisotopic (exact) mass is 349 g/mol. The minimum Gasteiger partial charge on any atom is -0.374 e. The van der Waals surface area contributed by atoms with Crippen molar-refractivity contribution >= 4 is 5.91 Å². The highest BCUT2D eigenvalue weighted by Crippen LogP contribution is 2.13. The van der Waals surface area contributed by atoms with E-state index in [1.165, 1.54) is 0 Å². The Bertz CT molecular complexity index is 566.